The van der Waals surface area contributed by atoms with Crippen molar-refractivity contribution in [2.24, 2.45) is 7.05 Å². The molecular weight excluding hydrogens is 282 g/mol. The van der Waals surface area contributed by atoms with Gasteiger partial charge in [0.25, 0.3) is 17.4 Å². The highest BCUT2D eigenvalue weighted by atomic mass is 16.2. The Bertz CT molecular complexity index is 748. The highest BCUT2D eigenvalue weighted by molar-refractivity contribution is 5.98. The molecule has 0 spiro atoms. The number of benzene rings is 1. The smallest absolute Gasteiger partial charge is 0.269 e. The van der Waals surface area contributed by atoms with Crippen LogP contribution in [-0.4, -0.2) is 16.4 Å². The molecule has 0 aliphatic heterocycles. The second-order valence-corrected chi connectivity index (χ2v) is 4.82. The molecule has 0 saturated heterocycles. The minimum Gasteiger partial charge on any atom is -0.319 e. The highest BCUT2D eigenvalue weighted by Gasteiger charge is 2.09. The third-order valence-electron chi connectivity index (χ3n) is 3.28. The topological polar surface area (TPSA) is 80.2 Å². The van der Waals surface area contributed by atoms with Crippen molar-refractivity contribution in [1.82, 2.24) is 15.4 Å². The Balaban J connectivity index is 1.99. The van der Waals surface area contributed by atoms with Gasteiger partial charge in [-0.15, -0.1) is 0 Å². The molecule has 0 bridgehead atoms. The minimum absolute atomic E-state index is 0.185. The number of aryl methyl sites for hydroxylation is 2. The van der Waals surface area contributed by atoms with Crippen LogP contribution in [0.15, 0.2) is 47.4 Å². The van der Waals surface area contributed by atoms with Crippen molar-refractivity contribution in [1.29, 1.82) is 0 Å². The maximum Gasteiger partial charge on any atom is 0.269 e. The van der Waals surface area contributed by atoms with Gasteiger partial charge in [0, 0.05) is 30.4 Å². The number of pyridine rings is 1. The van der Waals surface area contributed by atoms with E-state index in [4.69, 9.17) is 0 Å². The summed E-state index contributed by atoms with van der Waals surface area (Å²) in [5.41, 5.74) is 6.07. The Labute approximate surface area is 127 Å². The van der Waals surface area contributed by atoms with Crippen molar-refractivity contribution in [2.75, 3.05) is 0 Å². The number of nitrogens with one attached hydrogen (secondary N) is 2. The lowest BCUT2D eigenvalue weighted by Gasteiger charge is -2.08. The SMILES string of the molecule is CCc1ccc(C(=O)NNC(=O)c2ccn(C)c(=O)c2)cc1. The Morgan fingerprint density at radius 2 is 1.59 bits per heavy atom. The van der Waals surface area contributed by atoms with E-state index in [1.165, 1.54) is 22.9 Å². The first-order valence-electron chi connectivity index (χ1n) is 6.87. The largest absolute Gasteiger partial charge is 0.319 e. The van der Waals surface area contributed by atoms with Crippen LogP contribution in [0.25, 0.3) is 0 Å². The van der Waals surface area contributed by atoms with E-state index < -0.39 is 11.8 Å². The van der Waals surface area contributed by atoms with E-state index in [0.717, 1.165) is 12.0 Å². The second kappa shape index (κ2) is 6.71. The molecular formula is C16H17N3O3. The molecule has 114 valence electrons. The van der Waals surface area contributed by atoms with Crippen molar-refractivity contribution in [3.8, 4) is 0 Å². The lowest BCUT2D eigenvalue weighted by molar-refractivity contribution is 0.0846. The summed E-state index contributed by atoms with van der Waals surface area (Å²) in [5.74, 6) is -0.962. The quantitative estimate of drug-likeness (QED) is 0.831. The van der Waals surface area contributed by atoms with Crippen LogP contribution in [0.4, 0.5) is 0 Å². The van der Waals surface area contributed by atoms with Gasteiger partial charge in [0.15, 0.2) is 0 Å². The van der Waals surface area contributed by atoms with Crippen LogP contribution >= 0.6 is 0 Å². The molecule has 0 unspecified atom stereocenters. The molecule has 0 atom stereocenters. The first kappa shape index (κ1) is 15.5. The molecule has 1 heterocycles. The molecule has 2 rings (SSSR count). The molecule has 2 amide bonds. The average Bonchev–Trinajstić information content (AvgIpc) is 2.54. The Hall–Kier alpha value is -2.89. The standard InChI is InChI=1S/C16H17N3O3/c1-3-11-4-6-12(7-5-11)15(21)17-18-16(22)13-8-9-19(2)14(20)10-13/h4-10H,3H2,1-2H3,(H,17,21)(H,18,22). The summed E-state index contributed by atoms with van der Waals surface area (Å²) in [7, 11) is 1.59. The van der Waals surface area contributed by atoms with Gasteiger partial charge >= 0.3 is 0 Å². The van der Waals surface area contributed by atoms with Crippen LogP contribution in [0.1, 0.15) is 33.2 Å². The van der Waals surface area contributed by atoms with Gasteiger partial charge in [-0.3, -0.25) is 25.2 Å². The number of amides is 2. The summed E-state index contributed by atoms with van der Waals surface area (Å²) in [6.45, 7) is 2.03. The van der Waals surface area contributed by atoms with Gasteiger partial charge in [-0.05, 0) is 30.2 Å². The molecule has 0 aliphatic carbocycles. The molecule has 6 nitrogen and oxygen atoms in total. The Morgan fingerprint density at radius 1 is 1.00 bits per heavy atom. The van der Waals surface area contributed by atoms with Gasteiger partial charge in [-0.25, -0.2) is 0 Å². The molecule has 0 fully saturated rings. The molecule has 2 aromatic rings. The van der Waals surface area contributed by atoms with Gasteiger partial charge in [-0.2, -0.15) is 0 Å². The summed E-state index contributed by atoms with van der Waals surface area (Å²) in [5, 5.41) is 0. The fourth-order valence-electron chi connectivity index (χ4n) is 1.84. The molecule has 0 radical (unpaired) electrons. The van der Waals surface area contributed by atoms with Gasteiger partial charge in [0.05, 0.1) is 0 Å². The van der Waals surface area contributed by atoms with Crippen LogP contribution in [0, 0.1) is 0 Å². The number of hydrogen-bond acceptors (Lipinski definition) is 3. The second-order valence-electron chi connectivity index (χ2n) is 4.82. The van der Waals surface area contributed by atoms with Gasteiger partial charge < -0.3 is 4.57 Å². The number of nitrogens with zero attached hydrogens (tertiary/aromatic N) is 1. The monoisotopic (exact) mass is 299 g/mol. The summed E-state index contributed by atoms with van der Waals surface area (Å²) in [4.78, 5) is 35.2. The maximum atomic E-state index is 11.9. The van der Waals surface area contributed by atoms with Crippen LogP contribution < -0.4 is 16.4 Å². The first-order valence-corrected chi connectivity index (χ1v) is 6.87. The molecule has 6 heteroatoms. The number of hydrazine groups is 1. The zero-order chi connectivity index (χ0) is 16.1. The first-order chi connectivity index (χ1) is 10.5. The number of carbonyl (C=O) groups is 2. The Morgan fingerprint density at radius 3 is 2.14 bits per heavy atom. The number of aromatic nitrogens is 1. The third kappa shape index (κ3) is 3.60. The molecule has 1 aromatic carbocycles. The van der Waals surface area contributed by atoms with Gasteiger partial charge in [-0.1, -0.05) is 19.1 Å². The van der Waals surface area contributed by atoms with Crippen molar-refractivity contribution in [2.45, 2.75) is 13.3 Å². The van der Waals surface area contributed by atoms with Crippen molar-refractivity contribution in [3.05, 3.63) is 69.6 Å². The van der Waals surface area contributed by atoms with Crippen LogP contribution in [-0.2, 0) is 13.5 Å². The lowest BCUT2D eigenvalue weighted by Crippen LogP contribution is -2.42. The fourth-order valence-corrected chi connectivity index (χ4v) is 1.84. The van der Waals surface area contributed by atoms with Gasteiger partial charge in [0.2, 0.25) is 0 Å². The highest BCUT2D eigenvalue weighted by Crippen LogP contribution is 2.04. The maximum absolute atomic E-state index is 11.9. The predicted octanol–water partition coefficient (Wildman–Crippen LogP) is 1.02. The average molecular weight is 299 g/mol. The van der Waals surface area contributed by atoms with E-state index in [2.05, 4.69) is 10.9 Å². The minimum atomic E-state index is -0.545. The van der Waals surface area contributed by atoms with Crippen molar-refractivity contribution >= 4 is 11.8 Å². The van der Waals surface area contributed by atoms with Crippen LogP contribution in [0.2, 0.25) is 0 Å². The predicted molar refractivity (Wildman–Crippen MR) is 82.4 cm³/mol. The summed E-state index contributed by atoms with van der Waals surface area (Å²) >= 11 is 0. The van der Waals surface area contributed by atoms with E-state index in [0.29, 0.717) is 5.56 Å². The van der Waals surface area contributed by atoms with Crippen molar-refractivity contribution < 1.29 is 9.59 Å². The number of rotatable bonds is 3. The number of hydrogen-bond donors (Lipinski definition) is 2. The lowest BCUT2D eigenvalue weighted by atomic mass is 10.1. The van der Waals surface area contributed by atoms with Crippen LogP contribution in [0.3, 0.4) is 0 Å². The zero-order valence-electron chi connectivity index (χ0n) is 12.4. The number of carbonyl (C=O) groups excluding carboxylic acids is 2. The van der Waals surface area contributed by atoms with E-state index in [1.807, 2.05) is 19.1 Å². The summed E-state index contributed by atoms with van der Waals surface area (Å²) in [6, 6.07) is 9.81. The molecule has 2 N–H and O–H groups in total. The van der Waals surface area contributed by atoms with Crippen LogP contribution in [0.5, 0.6) is 0 Å². The van der Waals surface area contributed by atoms with E-state index in [-0.39, 0.29) is 11.1 Å². The van der Waals surface area contributed by atoms with Crippen molar-refractivity contribution in [3.63, 3.8) is 0 Å². The van der Waals surface area contributed by atoms with E-state index in [9.17, 15) is 14.4 Å². The molecule has 0 aliphatic rings. The van der Waals surface area contributed by atoms with E-state index >= 15 is 0 Å². The molecule has 0 saturated carbocycles. The zero-order valence-corrected chi connectivity index (χ0v) is 12.4. The Kier molecular flexibility index (Phi) is 4.73. The molecule has 1 aromatic heterocycles. The third-order valence-corrected chi connectivity index (χ3v) is 3.28. The summed E-state index contributed by atoms with van der Waals surface area (Å²) in [6.07, 6.45) is 2.38. The normalized spacial score (nSPS) is 10.1. The van der Waals surface area contributed by atoms with Gasteiger partial charge in [0.1, 0.15) is 0 Å². The molecule has 22 heavy (non-hydrogen) atoms. The van der Waals surface area contributed by atoms with E-state index in [1.54, 1.807) is 19.2 Å². The fraction of sp³-hybridized carbons (Fsp3) is 0.188. The summed E-state index contributed by atoms with van der Waals surface area (Å²) < 4.78 is 1.35.